The summed E-state index contributed by atoms with van der Waals surface area (Å²) in [6.45, 7) is 2.19. The highest BCUT2D eigenvalue weighted by Gasteiger charge is 2.24. The smallest absolute Gasteiger partial charge is 0.178 e. The van der Waals surface area contributed by atoms with Crippen molar-refractivity contribution in [3.8, 4) is 0 Å². The molecule has 2 aromatic rings. The average molecular weight is 343 g/mol. The number of hydrogen-bond acceptors (Lipinski definition) is 1. The monoisotopic (exact) mass is 342 g/mol. The van der Waals surface area contributed by atoms with Crippen LogP contribution in [0.3, 0.4) is 0 Å². The van der Waals surface area contributed by atoms with Gasteiger partial charge in [0, 0.05) is 12.1 Å². The first-order valence-electron chi connectivity index (χ1n) is 6.67. The van der Waals surface area contributed by atoms with Crippen LogP contribution in [0.4, 0.5) is 4.39 Å². The third kappa shape index (κ3) is 2.27. The Morgan fingerprint density at radius 2 is 2.11 bits per heavy atom. The summed E-state index contributed by atoms with van der Waals surface area (Å²) >= 11 is 8.64. The minimum Gasteiger partial charge on any atom is -0.331 e. The normalized spacial score (nSPS) is 18.3. The van der Waals surface area contributed by atoms with Gasteiger partial charge in [-0.1, -0.05) is 12.8 Å². The molecule has 1 aromatic heterocycles. The predicted molar refractivity (Wildman–Crippen MR) is 81.4 cm³/mol. The van der Waals surface area contributed by atoms with Crippen molar-refractivity contribution in [2.24, 2.45) is 5.92 Å². The fraction of sp³-hybridized carbons (Fsp3) is 0.500. The zero-order valence-corrected chi connectivity index (χ0v) is 13.2. The molecule has 102 valence electrons. The van der Waals surface area contributed by atoms with Crippen molar-refractivity contribution in [2.45, 2.75) is 38.6 Å². The fourth-order valence-electron chi connectivity index (χ4n) is 3.18. The van der Waals surface area contributed by atoms with Crippen LogP contribution in [-0.2, 0) is 0 Å². The van der Waals surface area contributed by atoms with Gasteiger partial charge in [-0.15, -0.1) is 0 Å². The van der Waals surface area contributed by atoms with Gasteiger partial charge >= 0.3 is 0 Å². The van der Waals surface area contributed by atoms with E-state index in [1.807, 2.05) is 0 Å². The third-order valence-corrected chi connectivity index (χ3v) is 5.15. The molecule has 0 bridgehead atoms. The maximum Gasteiger partial charge on any atom is 0.178 e. The summed E-state index contributed by atoms with van der Waals surface area (Å²) in [5.41, 5.74) is 1.76. The van der Waals surface area contributed by atoms with Gasteiger partial charge in [-0.2, -0.15) is 0 Å². The van der Waals surface area contributed by atoms with E-state index in [9.17, 15) is 4.39 Å². The molecule has 1 unspecified atom stereocenters. The molecule has 1 aliphatic carbocycles. The summed E-state index contributed by atoms with van der Waals surface area (Å²) in [5.74, 6) is 0.409. The van der Waals surface area contributed by atoms with E-state index in [1.165, 1.54) is 25.7 Å². The minimum atomic E-state index is -0.242. The van der Waals surface area contributed by atoms with Gasteiger partial charge in [0.15, 0.2) is 4.77 Å². The van der Waals surface area contributed by atoms with Crippen LogP contribution in [0.5, 0.6) is 0 Å². The number of aromatic nitrogens is 2. The molecule has 0 saturated heterocycles. The van der Waals surface area contributed by atoms with Crippen molar-refractivity contribution in [3.05, 3.63) is 27.2 Å². The van der Waals surface area contributed by atoms with Crippen molar-refractivity contribution < 1.29 is 4.39 Å². The molecule has 0 spiro atoms. The lowest BCUT2D eigenvalue weighted by Crippen LogP contribution is -2.14. The van der Waals surface area contributed by atoms with E-state index in [0.717, 1.165) is 11.0 Å². The van der Waals surface area contributed by atoms with Crippen molar-refractivity contribution in [2.75, 3.05) is 0 Å². The Labute approximate surface area is 125 Å². The summed E-state index contributed by atoms with van der Waals surface area (Å²) in [7, 11) is 0. The van der Waals surface area contributed by atoms with Crippen LogP contribution >= 0.6 is 28.1 Å². The molecule has 2 nitrogen and oxygen atoms in total. The van der Waals surface area contributed by atoms with Gasteiger partial charge in [0.05, 0.1) is 15.5 Å². The topological polar surface area (TPSA) is 20.7 Å². The van der Waals surface area contributed by atoms with Crippen LogP contribution in [0.1, 0.15) is 38.6 Å². The van der Waals surface area contributed by atoms with Gasteiger partial charge in [-0.25, -0.2) is 4.39 Å². The zero-order chi connectivity index (χ0) is 13.6. The lowest BCUT2D eigenvalue weighted by Gasteiger charge is -2.21. The van der Waals surface area contributed by atoms with Crippen LogP contribution in [-0.4, -0.2) is 9.55 Å². The maximum atomic E-state index is 13.8. The number of imidazole rings is 1. The van der Waals surface area contributed by atoms with E-state index in [-0.39, 0.29) is 5.82 Å². The van der Waals surface area contributed by atoms with E-state index in [2.05, 4.69) is 32.4 Å². The number of rotatable bonds is 2. The van der Waals surface area contributed by atoms with Crippen LogP contribution in [0.15, 0.2) is 16.6 Å². The Kier molecular flexibility index (Phi) is 3.52. The second-order valence-electron chi connectivity index (χ2n) is 5.37. The number of fused-ring (bicyclic) bond motifs is 1. The molecule has 1 heterocycles. The highest BCUT2D eigenvalue weighted by atomic mass is 79.9. The van der Waals surface area contributed by atoms with Crippen LogP contribution in [0.2, 0.25) is 0 Å². The number of hydrogen-bond donors (Lipinski definition) is 1. The van der Waals surface area contributed by atoms with E-state index in [1.54, 1.807) is 12.1 Å². The highest BCUT2D eigenvalue weighted by Crippen LogP contribution is 2.36. The summed E-state index contributed by atoms with van der Waals surface area (Å²) in [4.78, 5) is 3.18. The SMILES string of the molecule is CC(C1CCCC1)n1c(=S)[nH]c2cc(Br)c(F)cc21. The van der Waals surface area contributed by atoms with E-state index in [0.29, 0.717) is 21.2 Å². The lowest BCUT2D eigenvalue weighted by atomic mass is 9.99. The maximum absolute atomic E-state index is 13.8. The number of H-pyrrole nitrogens is 1. The molecular formula is C14H16BrFN2S. The van der Waals surface area contributed by atoms with Crippen LogP contribution in [0.25, 0.3) is 11.0 Å². The Balaban J connectivity index is 2.14. The first kappa shape index (κ1) is 13.3. The summed E-state index contributed by atoms with van der Waals surface area (Å²) in [6, 6.07) is 3.65. The number of halogens is 2. The molecule has 1 N–H and O–H groups in total. The molecule has 0 radical (unpaired) electrons. The van der Waals surface area contributed by atoms with Gasteiger partial charge < -0.3 is 9.55 Å². The van der Waals surface area contributed by atoms with Gasteiger partial charge in [0.2, 0.25) is 0 Å². The number of nitrogens with one attached hydrogen (secondary N) is 1. The third-order valence-electron chi connectivity index (χ3n) is 4.25. The molecule has 0 amide bonds. The molecular weight excluding hydrogens is 327 g/mol. The first-order chi connectivity index (χ1) is 9.08. The molecule has 19 heavy (non-hydrogen) atoms. The number of benzene rings is 1. The zero-order valence-electron chi connectivity index (χ0n) is 10.7. The summed E-state index contributed by atoms with van der Waals surface area (Å²) in [5, 5.41) is 0. The Morgan fingerprint density at radius 3 is 2.79 bits per heavy atom. The quantitative estimate of drug-likeness (QED) is 0.729. The van der Waals surface area contributed by atoms with Gasteiger partial charge in [-0.3, -0.25) is 0 Å². The number of aromatic amines is 1. The van der Waals surface area contributed by atoms with Crippen molar-refractivity contribution in [1.82, 2.24) is 9.55 Å². The summed E-state index contributed by atoms with van der Waals surface area (Å²) < 4.78 is 17.0. The van der Waals surface area contributed by atoms with Gasteiger partial charge in [0.1, 0.15) is 5.82 Å². The van der Waals surface area contributed by atoms with Crippen LogP contribution < -0.4 is 0 Å². The van der Waals surface area contributed by atoms with E-state index < -0.39 is 0 Å². The predicted octanol–water partition coefficient (Wildman–Crippen LogP) is 5.35. The molecule has 1 aliphatic rings. The van der Waals surface area contributed by atoms with Gasteiger partial charge in [0.25, 0.3) is 0 Å². The lowest BCUT2D eigenvalue weighted by molar-refractivity contribution is 0.365. The second-order valence-corrected chi connectivity index (χ2v) is 6.61. The Morgan fingerprint density at radius 1 is 1.42 bits per heavy atom. The molecule has 1 saturated carbocycles. The average Bonchev–Trinajstić information content (AvgIpc) is 2.97. The van der Waals surface area contributed by atoms with E-state index >= 15 is 0 Å². The van der Waals surface area contributed by atoms with E-state index in [4.69, 9.17) is 12.2 Å². The molecule has 0 aliphatic heterocycles. The standard InChI is InChI=1S/C14H16BrFN2S/c1-8(9-4-2-3-5-9)18-13-7-11(16)10(15)6-12(13)17-14(18)19/h6-9H,2-5H2,1H3,(H,17,19). The van der Waals surface area contributed by atoms with Crippen molar-refractivity contribution >= 4 is 39.2 Å². The largest absolute Gasteiger partial charge is 0.331 e. The Hall–Kier alpha value is -0.680. The molecule has 5 heteroatoms. The Bertz CT molecular complexity index is 670. The number of nitrogens with zero attached hydrogens (tertiary/aromatic N) is 1. The molecule has 1 atom stereocenters. The first-order valence-corrected chi connectivity index (χ1v) is 7.87. The molecule has 1 aromatic carbocycles. The highest BCUT2D eigenvalue weighted by molar-refractivity contribution is 9.10. The minimum absolute atomic E-state index is 0.242. The second kappa shape index (κ2) is 5.02. The summed E-state index contributed by atoms with van der Waals surface area (Å²) in [6.07, 6.45) is 5.08. The van der Waals surface area contributed by atoms with Crippen molar-refractivity contribution in [3.63, 3.8) is 0 Å². The fourth-order valence-corrected chi connectivity index (χ4v) is 3.89. The molecule has 3 rings (SSSR count). The van der Waals surface area contributed by atoms with Gasteiger partial charge in [-0.05, 0) is 59.9 Å². The van der Waals surface area contributed by atoms with Crippen molar-refractivity contribution in [1.29, 1.82) is 0 Å². The van der Waals surface area contributed by atoms with Crippen LogP contribution in [0, 0.1) is 16.5 Å². The molecule has 1 fully saturated rings.